The average Bonchev–Trinajstić information content (AvgIpc) is 2.50. The van der Waals surface area contributed by atoms with Crippen molar-refractivity contribution in [1.82, 2.24) is 0 Å². The lowest BCUT2D eigenvalue weighted by Crippen LogP contribution is -2.10. The van der Waals surface area contributed by atoms with Crippen molar-refractivity contribution in [2.45, 2.75) is 25.7 Å². The van der Waals surface area contributed by atoms with Gasteiger partial charge in [0, 0.05) is 5.41 Å². The molecule has 0 saturated heterocycles. The second-order valence-corrected chi connectivity index (χ2v) is 3.96. The van der Waals surface area contributed by atoms with Crippen LogP contribution in [0.15, 0.2) is 16.5 Å². The number of rotatable bonds is 2. The van der Waals surface area contributed by atoms with E-state index in [4.69, 9.17) is 10.2 Å². The molecule has 0 spiro atoms. The molecule has 1 aliphatic carbocycles. The molecule has 66 valence electrons. The van der Waals surface area contributed by atoms with Gasteiger partial charge in [-0.1, -0.05) is 6.92 Å². The molecule has 1 fully saturated rings. The predicted octanol–water partition coefficient (Wildman–Crippen LogP) is 1.82. The largest absolute Gasteiger partial charge is 0.466 e. The van der Waals surface area contributed by atoms with E-state index in [2.05, 4.69) is 13.0 Å². The third kappa shape index (κ3) is 0.985. The summed E-state index contributed by atoms with van der Waals surface area (Å²) in [7, 11) is 0. The van der Waals surface area contributed by atoms with Crippen LogP contribution >= 0.6 is 0 Å². The average molecular weight is 165 g/mol. The minimum Gasteiger partial charge on any atom is -0.466 e. The van der Waals surface area contributed by atoms with Gasteiger partial charge >= 0.3 is 0 Å². The molecule has 2 heteroatoms. The van der Waals surface area contributed by atoms with E-state index in [9.17, 15) is 0 Å². The van der Waals surface area contributed by atoms with Crippen LogP contribution in [0.5, 0.6) is 0 Å². The highest BCUT2D eigenvalue weighted by atomic mass is 16.3. The van der Waals surface area contributed by atoms with Gasteiger partial charge in [0.2, 0.25) is 0 Å². The quantitative estimate of drug-likeness (QED) is 0.726. The van der Waals surface area contributed by atoms with Crippen molar-refractivity contribution in [3.8, 4) is 0 Å². The minimum atomic E-state index is 0.239. The molecule has 12 heavy (non-hydrogen) atoms. The first-order valence-electron chi connectivity index (χ1n) is 4.44. The zero-order valence-corrected chi connectivity index (χ0v) is 7.63. The number of hydrogen-bond donors (Lipinski definition) is 1. The number of furan rings is 1. The van der Waals surface area contributed by atoms with Gasteiger partial charge in [-0.2, -0.15) is 0 Å². The molecular formula is C10H15NO. The Labute approximate surface area is 72.7 Å². The lowest BCUT2D eigenvalue weighted by atomic mass is 10.0. The Kier molecular flexibility index (Phi) is 1.55. The molecule has 0 aromatic carbocycles. The highest BCUT2D eigenvalue weighted by molar-refractivity contribution is 5.25. The van der Waals surface area contributed by atoms with Crippen molar-refractivity contribution in [3.05, 3.63) is 23.7 Å². The Morgan fingerprint density at radius 2 is 2.42 bits per heavy atom. The van der Waals surface area contributed by atoms with Gasteiger partial charge < -0.3 is 10.2 Å². The molecule has 0 radical (unpaired) electrons. The Morgan fingerprint density at radius 3 is 2.83 bits per heavy atom. The topological polar surface area (TPSA) is 39.2 Å². The Hall–Kier alpha value is -0.760. The van der Waals surface area contributed by atoms with Crippen LogP contribution in [0.25, 0.3) is 0 Å². The van der Waals surface area contributed by atoms with Crippen LogP contribution < -0.4 is 5.73 Å². The van der Waals surface area contributed by atoms with Gasteiger partial charge in [-0.15, -0.1) is 0 Å². The van der Waals surface area contributed by atoms with Crippen molar-refractivity contribution in [2.75, 3.05) is 6.54 Å². The van der Waals surface area contributed by atoms with E-state index in [0.717, 1.165) is 18.1 Å². The third-order valence-electron chi connectivity index (χ3n) is 3.00. The van der Waals surface area contributed by atoms with E-state index >= 15 is 0 Å². The van der Waals surface area contributed by atoms with Crippen LogP contribution in [0, 0.1) is 12.8 Å². The van der Waals surface area contributed by atoms with E-state index in [0.29, 0.717) is 5.92 Å². The van der Waals surface area contributed by atoms with Crippen LogP contribution in [0.3, 0.4) is 0 Å². The van der Waals surface area contributed by atoms with Gasteiger partial charge in [-0.05, 0) is 37.9 Å². The summed E-state index contributed by atoms with van der Waals surface area (Å²) in [5.74, 6) is 2.73. The first-order valence-corrected chi connectivity index (χ1v) is 4.44. The molecule has 2 atom stereocenters. The van der Waals surface area contributed by atoms with E-state index < -0.39 is 0 Å². The number of hydrogen-bond acceptors (Lipinski definition) is 2. The summed E-state index contributed by atoms with van der Waals surface area (Å²) >= 11 is 0. The second kappa shape index (κ2) is 2.36. The molecule has 1 saturated carbocycles. The molecule has 2 N–H and O–H groups in total. The maximum Gasteiger partial charge on any atom is 0.110 e. The molecule has 2 unspecified atom stereocenters. The van der Waals surface area contributed by atoms with E-state index in [-0.39, 0.29) is 5.41 Å². The second-order valence-electron chi connectivity index (χ2n) is 3.96. The smallest absolute Gasteiger partial charge is 0.110 e. The molecule has 1 aromatic heterocycles. The SMILES string of the molecule is Cc1ccc(C2(C)CC2CN)o1. The van der Waals surface area contributed by atoms with Gasteiger partial charge in [0.15, 0.2) is 0 Å². The highest BCUT2D eigenvalue weighted by Crippen LogP contribution is 2.53. The van der Waals surface area contributed by atoms with E-state index in [1.807, 2.05) is 13.0 Å². The zero-order chi connectivity index (χ0) is 8.77. The first kappa shape index (κ1) is 7.87. The molecule has 1 aromatic rings. The van der Waals surface area contributed by atoms with Crippen LogP contribution in [0.2, 0.25) is 0 Å². The summed E-state index contributed by atoms with van der Waals surface area (Å²) in [6, 6.07) is 4.09. The molecule has 0 amide bonds. The van der Waals surface area contributed by atoms with Gasteiger partial charge in [-0.3, -0.25) is 0 Å². The minimum absolute atomic E-state index is 0.239. The molecule has 1 heterocycles. The lowest BCUT2D eigenvalue weighted by molar-refractivity contribution is 0.431. The fourth-order valence-electron chi connectivity index (χ4n) is 1.84. The molecule has 2 rings (SSSR count). The standard InChI is InChI=1S/C10H15NO/c1-7-3-4-9(12-7)10(2)5-8(10)6-11/h3-4,8H,5-6,11H2,1-2H3. The summed E-state index contributed by atoms with van der Waals surface area (Å²) < 4.78 is 5.59. The van der Waals surface area contributed by atoms with Crippen LogP contribution in [-0.2, 0) is 5.41 Å². The summed E-state index contributed by atoms with van der Waals surface area (Å²) in [5, 5.41) is 0. The Morgan fingerprint density at radius 1 is 1.67 bits per heavy atom. The van der Waals surface area contributed by atoms with Crippen molar-refractivity contribution in [3.63, 3.8) is 0 Å². The summed E-state index contributed by atoms with van der Waals surface area (Å²) in [4.78, 5) is 0. The molecule has 0 aliphatic heterocycles. The predicted molar refractivity (Wildman–Crippen MR) is 48.0 cm³/mol. The molecule has 1 aliphatic rings. The van der Waals surface area contributed by atoms with Gasteiger partial charge in [0.25, 0.3) is 0 Å². The lowest BCUT2D eigenvalue weighted by Gasteiger charge is -2.05. The van der Waals surface area contributed by atoms with Crippen LogP contribution in [-0.4, -0.2) is 6.54 Å². The van der Waals surface area contributed by atoms with Gasteiger partial charge in [-0.25, -0.2) is 0 Å². The zero-order valence-electron chi connectivity index (χ0n) is 7.63. The fraction of sp³-hybridized carbons (Fsp3) is 0.600. The normalized spacial score (nSPS) is 33.8. The third-order valence-corrected chi connectivity index (χ3v) is 3.00. The van der Waals surface area contributed by atoms with Crippen molar-refractivity contribution >= 4 is 0 Å². The number of aryl methyl sites for hydroxylation is 1. The van der Waals surface area contributed by atoms with Gasteiger partial charge in [0.1, 0.15) is 11.5 Å². The summed E-state index contributed by atoms with van der Waals surface area (Å²) in [6.07, 6.45) is 1.18. The Bertz CT molecular complexity index is 292. The van der Waals surface area contributed by atoms with Crippen LogP contribution in [0.4, 0.5) is 0 Å². The van der Waals surface area contributed by atoms with Crippen molar-refractivity contribution in [1.29, 1.82) is 0 Å². The molecule has 2 nitrogen and oxygen atoms in total. The molecular weight excluding hydrogens is 150 g/mol. The molecule has 0 bridgehead atoms. The van der Waals surface area contributed by atoms with E-state index in [1.54, 1.807) is 0 Å². The monoisotopic (exact) mass is 165 g/mol. The maximum atomic E-state index is 5.61. The number of nitrogens with two attached hydrogens (primary N) is 1. The van der Waals surface area contributed by atoms with Crippen molar-refractivity contribution in [2.24, 2.45) is 11.7 Å². The fourth-order valence-corrected chi connectivity index (χ4v) is 1.84. The summed E-state index contributed by atoms with van der Waals surface area (Å²) in [5.41, 5.74) is 5.85. The maximum absolute atomic E-state index is 5.61. The first-order chi connectivity index (χ1) is 5.66. The highest BCUT2D eigenvalue weighted by Gasteiger charge is 2.52. The van der Waals surface area contributed by atoms with Crippen LogP contribution in [0.1, 0.15) is 24.9 Å². The van der Waals surface area contributed by atoms with Gasteiger partial charge in [0.05, 0.1) is 0 Å². The van der Waals surface area contributed by atoms with Crippen molar-refractivity contribution < 1.29 is 4.42 Å². The summed E-state index contributed by atoms with van der Waals surface area (Å²) in [6.45, 7) is 4.98. The Balaban J connectivity index is 2.22. The van der Waals surface area contributed by atoms with E-state index in [1.165, 1.54) is 6.42 Å².